The summed E-state index contributed by atoms with van der Waals surface area (Å²) in [6.07, 6.45) is 3.20. The Balaban J connectivity index is 1.96. The normalized spacial score (nSPS) is 24.3. The number of hydrogen-bond donors (Lipinski definition) is 2. The summed E-state index contributed by atoms with van der Waals surface area (Å²) in [5, 5.41) is 11.1. The number of H-pyrrole nitrogens is 1. The molecule has 1 saturated heterocycles. The highest BCUT2D eigenvalue weighted by atomic mass is 19.1. The molecule has 0 bridgehead atoms. The first-order valence-corrected chi connectivity index (χ1v) is 6.35. The van der Waals surface area contributed by atoms with Crippen molar-refractivity contribution in [2.24, 2.45) is 0 Å². The van der Waals surface area contributed by atoms with Gasteiger partial charge in [0.05, 0.1) is 17.8 Å². The van der Waals surface area contributed by atoms with Crippen molar-refractivity contribution in [3.05, 3.63) is 18.5 Å². The fourth-order valence-electron chi connectivity index (χ4n) is 2.77. The van der Waals surface area contributed by atoms with Gasteiger partial charge < -0.3 is 5.32 Å². The minimum atomic E-state index is -0.923. The molecule has 1 aliphatic heterocycles. The maximum atomic E-state index is 14.1. The van der Waals surface area contributed by atoms with E-state index in [1.54, 1.807) is 12.4 Å². The smallest absolute Gasteiger partial charge is 0.161 e. The Kier molecular flexibility index (Phi) is 2.28. The SMILES string of the molecule is FC1CNCCC1n1[nH]nc2cnc3nccc3c21. The summed E-state index contributed by atoms with van der Waals surface area (Å²) in [4.78, 5) is 8.42. The molecule has 0 saturated carbocycles. The number of fused-ring (bicyclic) bond motifs is 3. The molecule has 7 heteroatoms. The molecule has 0 aliphatic carbocycles. The van der Waals surface area contributed by atoms with E-state index in [9.17, 15) is 4.39 Å². The first kappa shape index (κ1) is 10.9. The molecule has 0 spiro atoms. The van der Waals surface area contributed by atoms with Crippen molar-refractivity contribution in [1.29, 1.82) is 0 Å². The third kappa shape index (κ3) is 1.54. The van der Waals surface area contributed by atoms with Crippen LogP contribution in [0.2, 0.25) is 0 Å². The van der Waals surface area contributed by atoms with E-state index in [-0.39, 0.29) is 6.04 Å². The summed E-state index contributed by atoms with van der Waals surface area (Å²) in [6.45, 7) is 1.19. The topological polar surface area (TPSA) is 71.4 Å². The Bertz CT molecular complexity index is 732. The van der Waals surface area contributed by atoms with Gasteiger partial charge in [-0.1, -0.05) is 0 Å². The van der Waals surface area contributed by atoms with Gasteiger partial charge in [-0.2, -0.15) is 5.10 Å². The quantitative estimate of drug-likeness (QED) is 0.689. The van der Waals surface area contributed by atoms with E-state index >= 15 is 0 Å². The number of nitrogens with one attached hydrogen (secondary N) is 2. The molecule has 1 fully saturated rings. The van der Waals surface area contributed by atoms with Gasteiger partial charge in [-0.15, -0.1) is 0 Å². The van der Waals surface area contributed by atoms with E-state index < -0.39 is 6.17 Å². The average molecular weight is 260 g/mol. The maximum absolute atomic E-state index is 14.1. The summed E-state index contributed by atoms with van der Waals surface area (Å²) < 4.78 is 15.9. The van der Waals surface area contributed by atoms with Gasteiger partial charge in [-0.05, 0) is 19.0 Å². The number of alkyl halides is 1. The van der Waals surface area contributed by atoms with Crippen LogP contribution in [0.3, 0.4) is 0 Å². The Morgan fingerprint density at radius 2 is 2.32 bits per heavy atom. The summed E-state index contributed by atoms with van der Waals surface area (Å²) in [5.74, 6) is 0. The third-order valence-corrected chi connectivity index (χ3v) is 3.71. The van der Waals surface area contributed by atoms with Crippen LogP contribution in [-0.2, 0) is 0 Å². The predicted octanol–water partition coefficient (Wildman–Crippen LogP) is 1.18. The largest absolute Gasteiger partial charge is 0.314 e. The lowest BCUT2D eigenvalue weighted by molar-refractivity contribution is 0.175. The monoisotopic (exact) mass is 260 g/mol. The molecular weight excluding hydrogens is 247 g/mol. The minimum Gasteiger partial charge on any atom is -0.314 e. The zero-order valence-corrected chi connectivity index (χ0v) is 10.2. The molecule has 3 aromatic heterocycles. The van der Waals surface area contributed by atoms with Gasteiger partial charge in [0.1, 0.15) is 11.7 Å². The first-order chi connectivity index (χ1) is 9.34. The van der Waals surface area contributed by atoms with E-state index in [1.165, 1.54) is 0 Å². The summed E-state index contributed by atoms with van der Waals surface area (Å²) in [6, 6.07) is 1.68. The van der Waals surface area contributed by atoms with Crippen LogP contribution in [0.1, 0.15) is 12.5 Å². The Hall–Kier alpha value is -2.02. The summed E-state index contributed by atoms with van der Waals surface area (Å²) >= 11 is 0. The molecule has 6 nitrogen and oxygen atoms in total. The van der Waals surface area contributed by atoms with Crippen LogP contribution in [0.25, 0.3) is 22.1 Å². The summed E-state index contributed by atoms with van der Waals surface area (Å²) in [7, 11) is 0. The van der Waals surface area contributed by atoms with Gasteiger partial charge in [0, 0.05) is 18.1 Å². The van der Waals surface area contributed by atoms with Gasteiger partial charge in [0.2, 0.25) is 0 Å². The van der Waals surface area contributed by atoms with Gasteiger partial charge in [0.15, 0.2) is 5.65 Å². The van der Waals surface area contributed by atoms with E-state index in [0.717, 1.165) is 29.4 Å². The first-order valence-electron chi connectivity index (χ1n) is 6.35. The Morgan fingerprint density at radius 3 is 3.21 bits per heavy atom. The lowest BCUT2D eigenvalue weighted by Crippen LogP contribution is -2.39. The molecule has 1 aliphatic rings. The number of pyridine rings is 1. The number of rotatable bonds is 1. The van der Waals surface area contributed by atoms with Crippen LogP contribution >= 0.6 is 0 Å². The van der Waals surface area contributed by atoms with Crippen molar-refractivity contribution < 1.29 is 4.39 Å². The minimum absolute atomic E-state index is 0.216. The maximum Gasteiger partial charge on any atom is 0.161 e. The lowest BCUT2D eigenvalue weighted by atomic mass is 10.0. The van der Waals surface area contributed by atoms with Crippen molar-refractivity contribution in [3.8, 4) is 0 Å². The van der Waals surface area contributed by atoms with Crippen LogP contribution in [0, 0.1) is 0 Å². The van der Waals surface area contributed by atoms with E-state index in [0.29, 0.717) is 12.2 Å². The van der Waals surface area contributed by atoms with Crippen molar-refractivity contribution in [2.75, 3.05) is 13.1 Å². The van der Waals surface area contributed by atoms with Crippen molar-refractivity contribution in [2.45, 2.75) is 18.6 Å². The number of aromatic nitrogens is 5. The molecule has 4 heterocycles. The zero-order chi connectivity index (χ0) is 12.8. The number of aromatic amines is 1. The Morgan fingerprint density at radius 1 is 1.37 bits per heavy atom. The second-order valence-electron chi connectivity index (χ2n) is 4.83. The van der Waals surface area contributed by atoms with E-state index in [4.69, 9.17) is 0 Å². The van der Waals surface area contributed by atoms with Crippen LogP contribution in [0.15, 0.2) is 18.5 Å². The van der Waals surface area contributed by atoms with Gasteiger partial charge in [-0.25, -0.2) is 19.6 Å². The van der Waals surface area contributed by atoms with Crippen LogP contribution < -0.4 is 5.32 Å². The molecule has 0 amide bonds. The van der Waals surface area contributed by atoms with Crippen LogP contribution in [-0.4, -0.2) is 44.2 Å². The highest BCUT2D eigenvalue weighted by Gasteiger charge is 2.28. The van der Waals surface area contributed by atoms with Gasteiger partial charge in [0.25, 0.3) is 0 Å². The van der Waals surface area contributed by atoms with Crippen LogP contribution in [0.4, 0.5) is 4.39 Å². The molecule has 2 atom stereocenters. The highest BCUT2D eigenvalue weighted by molar-refractivity contribution is 6.00. The zero-order valence-electron chi connectivity index (χ0n) is 10.2. The van der Waals surface area contributed by atoms with Gasteiger partial charge >= 0.3 is 0 Å². The molecule has 4 rings (SSSR count). The van der Waals surface area contributed by atoms with E-state index in [2.05, 4.69) is 25.6 Å². The second-order valence-corrected chi connectivity index (χ2v) is 4.83. The number of hydrogen-bond acceptors (Lipinski definition) is 4. The van der Waals surface area contributed by atoms with Crippen molar-refractivity contribution >= 4 is 22.1 Å². The predicted molar refractivity (Wildman–Crippen MR) is 68.6 cm³/mol. The number of nitrogens with zero attached hydrogens (tertiary/aromatic N) is 4. The number of halogens is 1. The fraction of sp³-hybridized carbons (Fsp3) is 0.417. The highest BCUT2D eigenvalue weighted by Crippen LogP contribution is 2.28. The second kappa shape index (κ2) is 3.99. The van der Waals surface area contributed by atoms with E-state index in [1.807, 2.05) is 10.7 Å². The molecule has 0 radical (unpaired) electrons. The Labute approximate surface area is 108 Å². The molecule has 2 N–H and O–H groups in total. The van der Waals surface area contributed by atoms with Crippen LogP contribution in [0.5, 0.6) is 0 Å². The molecule has 0 aromatic carbocycles. The molecule has 19 heavy (non-hydrogen) atoms. The van der Waals surface area contributed by atoms with Crippen molar-refractivity contribution in [1.82, 2.24) is 30.3 Å². The molecule has 2 unspecified atom stereocenters. The number of piperidine rings is 1. The lowest BCUT2D eigenvalue weighted by Gasteiger charge is -2.27. The molecule has 98 valence electrons. The van der Waals surface area contributed by atoms with Crippen molar-refractivity contribution in [3.63, 3.8) is 0 Å². The summed E-state index contributed by atoms with van der Waals surface area (Å²) in [5.41, 5.74) is 2.30. The standard InChI is InChI=1S/C12H13FN6/c13-8-5-14-3-2-10(8)19-11-7-1-4-15-12(7)16-6-9(11)17-18-19/h1,4,6,8,10,14,18H,2-3,5H2. The fourth-order valence-corrected chi connectivity index (χ4v) is 2.77. The average Bonchev–Trinajstić information content (AvgIpc) is 3.04. The molecular formula is C12H13FN6. The molecule has 3 aromatic rings. The third-order valence-electron chi connectivity index (χ3n) is 3.71. The van der Waals surface area contributed by atoms with Gasteiger partial charge in [-0.3, -0.25) is 4.68 Å².